The van der Waals surface area contributed by atoms with Crippen molar-refractivity contribution in [3.8, 4) is 47.3 Å². The molecule has 3 unspecified atom stereocenters. The third-order valence-corrected chi connectivity index (χ3v) is 25.1. The molecule has 13 rings (SSSR count). The number of fused-ring (bicyclic) bond motifs is 8. The molecule has 7 aromatic rings. The van der Waals surface area contributed by atoms with Crippen molar-refractivity contribution in [2.45, 2.75) is 150 Å². The highest BCUT2D eigenvalue weighted by Crippen LogP contribution is 2.55. The SMILES string of the molecule is C#CCN.C#CCNC(=O)c1ccc(-c2c3cc4c(c(S(=O)(=O)[O-])c3[o+]c3c(S(=O)(=O)O)c5c(cc23)C(C)(C)C(C)C5)C=C(C)C4(C)C)cc1.CC1C=c2c(cc3c(c2S(=O)(=O)[O-])Oc2c(cc4c(c2S(=O)(=O)O)CC(C)C4(C)C)C=3c2ccc(C(=O)ON3C(=O)CCC3=O)cc2)C1(C)C. The molecule has 3 heterocycles. The Kier molecular flexibility index (Phi) is 17.9. The highest BCUT2D eigenvalue weighted by atomic mass is 32.2. The molecule has 1 aromatic heterocycles. The number of hydrogen-bond donors (Lipinski definition) is 4. The predicted molar refractivity (Wildman–Crippen MR) is 370 cm³/mol. The molecule has 26 heteroatoms. The van der Waals surface area contributed by atoms with Crippen LogP contribution in [0.4, 0.5) is 0 Å². The number of ether oxygens (including phenoxy) is 1. The summed E-state index contributed by atoms with van der Waals surface area (Å²) in [7, 11) is -20.3. The second-order valence-electron chi connectivity index (χ2n) is 28.3. The second-order valence-corrected chi connectivity index (χ2v) is 33.7. The van der Waals surface area contributed by atoms with Crippen molar-refractivity contribution in [3.05, 3.63) is 150 Å². The van der Waals surface area contributed by atoms with E-state index in [1.54, 1.807) is 54.6 Å². The van der Waals surface area contributed by atoms with E-state index in [0.717, 1.165) is 5.57 Å². The van der Waals surface area contributed by atoms with Crippen LogP contribution in [-0.4, -0.2) is 93.7 Å². The van der Waals surface area contributed by atoms with Crippen LogP contribution in [0.3, 0.4) is 0 Å². The Balaban J connectivity index is 0.000000192. The number of allylic oxidation sites excluding steroid dienone is 1. The molecule has 0 saturated carbocycles. The zero-order valence-electron chi connectivity index (χ0n) is 56.7. The van der Waals surface area contributed by atoms with Crippen molar-refractivity contribution in [2.75, 3.05) is 13.1 Å². The summed E-state index contributed by atoms with van der Waals surface area (Å²) in [5.74, 6) is 0.979. The first-order valence-electron chi connectivity index (χ1n) is 31.8. The average molecular weight is 1440 g/mol. The first-order valence-corrected chi connectivity index (χ1v) is 37.5. The monoisotopic (exact) mass is 1430 g/mol. The molecule has 100 heavy (non-hydrogen) atoms. The lowest BCUT2D eigenvalue weighted by Crippen LogP contribution is -2.32. The van der Waals surface area contributed by atoms with Crippen molar-refractivity contribution >= 4 is 104 Å². The molecule has 1 saturated heterocycles. The van der Waals surface area contributed by atoms with Crippen LogP contribution in [-0.2, 0) is 89.4 Å². The average Bonchev–Trinajstić information content (AvgIpc) is 1.35. The van der Waals surface area contributed by atoms with Gasteiger partial charge in [0.05, 0.1) is 29.4 Å². The number of hydroxylamine groups is 2. The maximum absolute atomic E-state index is 13.2. The summed E-state index contributed by atoms with van der Waals surface area (Å²) in [4.78, 5) is 52.5. The minimum Gasteiger partial charge on any atom is -0.744 e. The Morgan fingerprint density at radius 1 is 0.680 bits per heavy atom. The zero-order chi connectivity index (χ0) is 73.6. The Bertz CT molecular complexity index is 5550. The highest BCUT2D eigenvalue weighted by molar-refractivity contribution is 7.86. The predicted octanol–water partition coefficient (Wildman–Crippen LogP) is 9.38. The fourth-order valence-corrected chi connectivity index (χ4v) is 17.9. The van der Waals surface area contributed by atoms with Gasteiger partial charge in [0.25, 0.3) is 27.8 Å². The van der Waals surface area contributed by atoms with E-state index in [2.05, 4.69) is 23.6 Å². The van der Waals surface area contributed by atoms with E-state index in [1.165, 1.54) is 24.3 Å². The van der Waals surface area contributed by atoms with E-state index >= 15 is 0 Å². The smallest absolute Gasteiger partial charge is 0.382 e. The molecule has 5 N–H and O–H groups in total. The number of terminal acetylenes is 2. The highest BCUT2D eigenvalue weighted by Gasteiger charge is 2.48. The van der Waals surface area contributed by atoms with Gasteiger partial charge >= 0.3 is 27.3 Å². The summed E-state index contributed by atoms with van der Waals surface area (Å²) in [6, 6.07) is 19.4. The van der Waals surface area contributed by atoms with Crippen LogP contribution < -0.4 is 26.2 Å². The topological polar surface area (TPSA) is 362 Å². The van der Waals surface area contributed by atoms with Crippen molar-refractivity contribution in [1.82, 2.24) is 10.4 Å². The van der Waals surface area contributed by atoms with Gasteiger partial charge in [0.2, 0.25) is 4.90 Å². The zero-order valence-corrected chi connectivity index (χ0v) is 60.0. The first-order chi connectivity index (χ1) is 46.3. The van der Waals surface area contributed by atoms with Crippen LogP contribution in [0.25, 0.3) is 50.8 Å². The molecule has 0 bridgehead atoms. The fourth-order valence-electron chi connectivity index (χ4n) is 14.4. The largest absolute Gasteiger partial charge is 0.744 e. The van der Waals surface area contributed by atoms with Gasteiger partial charge in [-0.2, -0.15) is 16.8 Å². The Morgan fingerprint density at radius 3 is 1.70 bits per heavy atom. The van der Waals surface area contributed by atoms with Gasteiger partial charge in [-0.1, -0.05) is 130 Å². The maximum Gasteiger partial charge on any atom is 0.382 e. The van der Waals surface area contributed by atoms with Crippen LogP contribution in [0.15, 0.2) is 102 Å². The number of carbonyl (C=O) groups is 4. The first kappa shape index (κ1) is 72.3. The summed E-state index contributed by atoms with van der Waals surface area (Å²) >= 11 is 0. The van der Waals surface area contributed by atoms with Gasteiger partial charge < -0.3 is 29.7 Å². The van der Waals surface area contributed by atoms with E-state index < -0.39 is 105 Å². The van der Waals surface area contributed by atoms with Crippen molar-refractivity contribution in [1.29, 1.82) is 0 Å². The third-order valence-electron chi connectivity index (χ3n) is 21.4. The Hall–Kier alpha value is -8.93. The van der Waals surface area contributed by atoms with Crippen LogP contribution in [0, 0.1) is 42.4 Å². The van der Waals surface area contributed by atoms with Gasteiger partial charge in [-0.25, -0.2) is 26.0 Å². The lowest BCUT2D eigenvalue weighted by Gasteiger charge is -2.31. The molecule has 2 aliphatic heterocycles. The number of carbonyl (C=O) groups excluding carboxylic acids is 4. The van der Waals surface area contributed by atoms with Crippen molar-refractivity contribution < 1.29 is 85.1 Å². The van der Waals surface area contributed by atoms with E-state index in [4.69, 9.17) is 26.1 Å². The van der Waals surface area contributed by atoms with Crippen molar-refractivity contribution in [2.24, 2.45) is 23.5 Å². The van der Waals surface area contributed by atoms with E-state index in [1.807, 2.05) is 89.2 Å². The van der Waals surface area contributed by atoms with Crippen LogP contribution in [0.5, 0.6) is 11.5 Å². The quantitative estimate of drug-likeness (QED) is 0.0325. The molecule has 6 aliphatic rings. The van der Waals surface area contributed by atoms with Crippen LogP contribution in [0.1, 0.15) is 167 Å². The molecule has 0 spiro atoms. The molecular formula is C74H72N3O19S4-. The lowest BCUT2D eigenvalue weighted by atomic mass is 9.77. The summed E-state index contributed by atoms with van der Waals surface area (Å²) in [5, 5.41) is 3.99. The van der Waals surface area contributed by atoms with E-state index in [9.17, 15) is 71.1 Å². The van der Waals surface area contributed by atoms with E-state index in [-0.39, 0.29) is 98.7 Å². The summed E-state index contributed by atoms with van der Waals surface area (Å²) in [6.07, 6.45) is 13.7. The number of nitrogens with two attached hydrogens (primary N) is 1. The number of amides is 3. The standard InChI is InChI=1S/C36H35NO11S2.C35H33NO8S2.C3H5N/c1-17-13-21-25(35(17,3)4)15-23-29(19-7-9-20(10-8-19)34(40)48-37-27(38)11-12-28(37)39)24-16-26-22(14-18(2)36(26,5)6)33(50(44,45)46)31(24)47-30(23)32(21)49(41,42)43;1-8-13-36-33(37)21-11-9-20(10-12-21)28-24-16-26-22(14-18(2)34(26,4)5)31(45(38,39)40)29(24)44-30-25(28)17-27-23(32(30)46(41,42)43)15-19(3)35(27,6)7;1-2-3-4/h7-10,13,15-18H,11-12,14H2,1-6H3,(H,41,42,43)(H,44,45,46);1,9-12,14,16-17,19H,13,15H2,2-7H3,(H2-,36,37,38,39,40,41,42,43);1H,3-4H2/p-1. The molecule has 0 radical (unpaired) electrons. The Morgan fingerprint density at radius 2 is 1.18 bits per heavy atom. The van der Waals surface area contributed by atoms with Crippen LogP contribution in [0.2, 0.25) is 0 Å². The summed E-state index contributed by atoms with van der Waals surface area (Å²) in [6.45, 7) is 23.7. The summed E-state index contributed by atoms with van der Waals surface area (Å²) < 4.78 is 165. The van der Waals surface area contributed by atoms with Gasteiger partial charge in [-0.15, -0.1) is 17.9 Å². The normalized spacial score (nSPS) is 19.4. The van der Waals surface area contributed by atoms with Crippen LogP contribution >= 0.6 is 0 Å². The minimum absolute atomic E-state index is 0.00576. The number of nitrogens with zero attached hydrogens (tertiary/aromatic N) is 1. The molecule has 3 atom stereocenters. The molecule has 522 valence electrons. The molecular weight excluding hydrogens is 1360 g/mol. The third kappa shape index (κ3) is 11.9. The van der Waals surface area contributed by atoms with E-state index in [0.29, 0.717) is 84.6 Å². The van der Waals surface area contributed by atoms with Gasteiger partial charge in [0, 0.05) is 51.3 Å². The molecule has 4 aliphatic carbocycles. The number of nitrogens with one attached hydrogen (secondary N) is 1. The number of imide groups is 1. The molecule has 22 nitrogen and oxygen atoms in total. The second kappa shape index (κ2) is 24.7. The fraction of sp³-hybridized carbons (Fsp3) is 0.338. The van der Waals surface area contributed by atoms with Gasteiger partial charge in [0.15, 0.2) is 16.4 Å². The molecule has 3 amide bonds. The maximum atomic E-state index is 13.2. The minimum atomic E-state index is -5.23. The van der Waals surface area contributed by atoms with Gasteiger partial charge in [-0.05, 0) is 152 Å². The Labute approximate surface area is 579 Å². The number of benzene rings is 6. The molecule has 6 aromatic carbocycles. The van der Waals surface area contributed by atoms with Gasteiger partial charge in [0.1, 0.15) is 30.0 Å². The van der Waals surface area contributed by atoms with Gasteiger partial charge in [-0.3, -0.25) is 23.5 Å². The van der Waals surface area contributed by atoms with Crippen molar-refractivity contribution in [3.63, 3.8) is 0 Å². The summed E-state index contributed by atoms with van der Waals surface area (Å²) in [5.41, 5.74) is 8.31. The number of hydrogen-bond acceptors (Lipinski definition) is 17. The molecule has 1 fully saturated rings. The lowest BCUT2D eigenvalue weighted by molar-refractivity contribution is -0.172. The number of rotatable bonds is 10.